The van der Waals surface area contributed by atoms with Crippen LogP contribution in [0.3, 0.4) is 0 Å². The average molecular weight is 267 g/mol. The van der Waals surface area contributed by atoms with Crippen LogP contribution < -0.4 is 5.32 Å². The van der Waals surface area contributed by atoms with Crippen LogP contribution in [0.4, 0.5) is 9.93 Å². The zero-order valence-corrected chi connectivity index (χ0v) is 11.2. The van der Waals surface area contributed by atoms with E-state index in [1.165, 1.54) is 17.8 Å². The number of likely N-dealkylation sites (tertiary alicyclic amines) is 2. The molecule has 1 aromatic heterocycles. The topological polar surface area (TPSA) is 61.4 Å². The van der Waals surface area contributed by atoms with Crippen LogP contribution in [0.1, 0.15) is 12.8 Å². The second-order valence-electron chi connectivity index (χ2n) is 5.06. The Morgan fingerprint density at radius 2 is 2.44 bits per heavy atom. The van der Waals surface area contributed by atoms with E-state index in [1.54, 1.807) is 5.51 Å². The molecule has 7 heteroatoms. The number of nitrogens with one attached hydrogen (secondary N) is 1. The highest BCUT2D eigenvalue weighted by Crippen LogP contribution is 2.30. The van der Waals surface area contributed by atoms with Crippen LogP contribution in [0.25, 0.3) is 0 Å². The molecule has 0 saturated carbocycles. The fourth-order valence-corrected chi connectivity index (χ4v) is 3.47. The highest BCUT2D eigenvalue weighted by atomic mass is 32.1. The summed E-state index contributed by atoms with van der Waals surface area (Å²) >= 11 is 1.35. The number of likely N-dealkylation sites (N-methyl/N-ethyl adjacent to an activating group) is 1. The Kier molecular flexibility index (Phi) is 3.17. The number of carbonyl (C=O) groups is 1. The lowest BCUT2D eigenvalue weighted by atomic mass is 9.92. The number of fused-ring (bicyclic) bond motifs is 1. The van der Waals surface area contributed by atoms with E-state index >= 15 is 0 Å². The fraction of sp³-hybridized carbons (Fsp3) is 0.727. The van der Waals surface area contributed by atoms with Crippen molar-refractivity contribution in [1.82, 2.24) is 20.0 Å². The molecule has 6 nitrogen and oxygen atoms in total. The summed E-state index contributed by atoms with van der Waals surface area (Å²) in [5, 5.41) is 11.0. The van der Waals surface area contributed by atoms with Gasteiger partial charge in [-0.05, 0) is 25.8 Å². The summed E-state index contributed by atoms with van der Waals surface area (Å²) in [6.07, 6.45) is 2.33. The summed E-state index contributed by atoms with van der Waals surface area (Å²) in [6, 6.07) is 0.327. The van der Waals surface area contributed by atoms with Gasteiger partial charge >= 0.3 is 6.03 Å². The lowest BCUT2D eigenvalue weighted by Crippen LogP contribution is -2.50. The third kappa shape index (κ3) is 2.20. The summed E-state index contributed by atoms with van der Waals surface area (Å²) < 4.78 is 0. The van der Waals surface area contributed by atoms with Gasteiger partial charge in [-0.3, -0.25) is 5.32 Å². The van der Waals surface area contributed by atoms with E-state index < -0.39 is 0 Å². The Labute approximate surface area is 110 Å². The Bertz CT molecular complexity index is 423. The van der Waals surface area contributed by atoms with Crippen molar-refractivity contribution >= 4 is 22.5 Å². The molecule has 0 aromatic carbocycles. The van der Waals surface area contributed by atoms with E-state index in [4.69, 9.17) is 0 Å². The first-order valence-electron chi connectivity index (χ1n) is 6.26. The number of hydrogen-bond donors (Lipinski definition) is 1. The van der Waals surface area contributed by atoms with Gasteiger partial charge in [0.25, 0.3) is 0 Å². The van der Waals surface area contributed by atoms with E-state index in [2.05, 4.69) is 27.5 Å². The number of hydrogen-bond acceptors (Lipinski definition) is 5. The third-order valence-electron chi connectivity index (χ3n) is 3.80. The van der Waals surface area contributed by atoms with Gasteiger partial charge in [-0.1, -0.05) is 11.3 Å². The van der Waals surface area contributed by atoms with Crippen molar-refractivity contribution < 1.29 is 4.79 Å². The zero-order valence-electron chi connectivity index (χ0n) is 10.4. The summed E-state index contributed by atoms with van der Waals surface area (Å²) in [7, 11) is 2.12. The van der Waals surface area contributed by atoms with Crippen molar-refractivity contribution in [3.8, 4) is 0 Å². The van der Waals surface area contributed by atoms with Crippen LogP contribution in [0.15, 0.2) is 5.51 Å². The lowest BCUT2D eigenvalue weighted by Gasteiger charge is -2.36. The van der Waals surface area contributed by atoms with Crippen molar-refractivity contribution in [2.24, 2.45) is 5.92 Å². The van der Waals surface area contributed by atoms with Crippen LogP contribution >= 0.6 is 11.3 Å². The lowest BCUT2D eigenvalue weighted by molar-refractivity contribution is 0.146. The van der Waals surface area contributed by atoms with Crippen LogP contribution in [-0.2, 0) is 0 Å². The molecule has 2 aliphatic rings. The maximum atomic E-state index is 12.2. The Hall–Kier alpha value is -1.21. The number of aromatic nitrogens is 2. The highest BCUT2D eigenvalue weighted by Gasteiger charge is 2.39. The third-order valence-corrected chi connectivity index (χ3v) is 4.40. The summed E-state index contributed by atoms with van der Waals surface area (Å²) in [5.74, 6) is 0.629. The van der Waals surface area contributed by atoms with Gasteiger partial charge in [0.05, 0.1) is 6.04 Å². The number of anilines is 1. The molecule has 0 radical (unpaired) electrons. The van der Waals surface area contributed by atoms with Crippen LogP contribution in [0, 0.1) is 5.92 Å². The molecular formula is C11H17N5OS. The second-order valence-corrected chi connectivity index (χ2v) is 5.89. The van der Waals surface area contributed by atoms with Crippen LogP contribution in [-0.4, -0.2) is 58.8 Å². The van der Waals surface area contributed by atoms with Crippen molar-refractivity contribution in [2.45, 2.75) is 18.9 Å². The van der Waals surface area contributed by atoms with Crippen LogP contribution in [0.5, 0.6) is 0 Å². The fourth-order valence-electron chi connectivity index (χ4n) is 3.03. The molecule has 2 atom stereocenters. The molecule has 2 fully saturated rings. The van der Waals surface area contributed by atoms with Crippen LogP contribution in [0.2, 0.25) is 0 Å². The number of carbonyl (C=O) groups excluding carboxylic acids is 1. The van der Waals surface area contributed by atoms with E-state index in [9.17, 15) is 4.79 Å². The molecular weight excluding hydrogens is 250 g/mol. The SMILES string of the molecule is CN1C[C@@H]2CCCN(C(=O)Nc3nncs3)[C@@H]2C1. The number of piperidine rings is 1. The van der Waals surface area contributed by atoms with Gasteiger partial charge in [0.15, 0.2) is 0 Å². The number of nitrogens with zero attached hydrogens (tertiary/aromatic N) is 4. The molecule has 0 aliphatic carbocycles. The highest BCUT2D eigenvalue weighted by molar-refractivity contribution is 7.13. The molecule has 2 aliphatic heterocycles. The van der Waals surface area contributed by atoms with Crippen molar-refractivity contribution in [2.75, 3.05) is 32.0 Å². The van der Waals surface area contributed by atoms with E-state index in [1.807, 2.05) is 4.90 Å². The monoisotopic (exact) mass is 267 g/mol. The van der Waals surface area contributed by atoms with Gasteiger partial charge in [-0.15, -0.1) is 10.2 Å². The largest absolute Gasteiger partial charge is 0.323 e. The normalized spacial score (nSPS) is 28.2. The minimum absolute atomic E-state index is 0.0308. The van der Waals surface area contributed by atoms with E-state index in [0.717, 1.165) is 26.1 Å². The zero-order chi connectivity index (χ0) is 12.5. The molecule has 0 spiro atoms. The molecule has 3 rings (SSSR count). The van der Waals surface area contributed by atoms with Crippen molar-refractivity contribution in [1.29, 1.82) is 0 Å². The Morgan fingerprint density at radius 3 is 3.22 bits per heavy atom. The minimum Gasteiger partial charge on any atom is -0.320 e. The van der Waals surface area contributed by atoms with Gasteiger partial charge in [0.1, 0.15) is 5.51 Å². The van der Waals surface area contributed by atoms with Gasteiger partial charge in [0.2, 0.25) is 5.13 Å². The molecule has 2 saturated heterocycles. The summed E-state index contributed by atoms with van der Waals surface area (Å²) in [6.45, 7) is 2.93. The number of urea groups is 1. The molecule has 1 aromatic rings. The van der Waals surface area contributed by atoms with Crippen molar-refractivity contribution in [3.63, 3.8) is 0 Å². The van der Waals surface area contributed by atoms with Crippen molar-refractivity contribution in [3.05, 3.63) is 5.51 Å². The molecule has 3 heterocycles. The molecule has 1 N–H and O–H groups in total. The number of amides is 2. The molecule has 0 unspecified atom stereocenters. The standard InChI is InChI=1S/C11H17N5OS/c1-15-5-8-3-2-4-16(9(8)6-15)11(17)13-10-14-12-7-18-10/h7-9H,2-6H2,1H3,(H,13,14,17)/t8-,9+/m0/s1. The summed E-state index contributed by atoms with van der Waals surface area (Å²) in [4.78, 5) is 16.5. The predicted octanol–water partition coefficient (Wildman–Crippen LogP) is 1.10. The van der Waals surface area contributed by atoms with Gasteiger partial charge in [-0.25, -0.2) is 4.79 Å². The first-order valence-corrected chi connectivity index (χ1v) is 7.14. The van der Waals surface area contributed by atoms with E-state index in [-0.39, 0.29) is 6.03 Å². The molecule has 0 bridgehead atoms. The van der Waals surface area contributed by atoms with Gasteiger partial charge < -0.3 is 9.80 Å². The first kappa shape index (κ1) is 11.9. The Balaban J connectivity index is 1.69. The molecule has 18 heavy (non-hydrogen) atoms. The first-order chi connectivity index (χ1) is 8.74. The molecule has 2 amide bonds. The number of rotatable bonds is 1. The predicted molar refractivity (Wildman–Crippen MR) is 69.6 cm³/mol. The smallest absolute Gasteiger partial charge is 0.320 e. The second kappa shape index (κ2) is 4.81. The Morgan fingerprint density at radius 1 is 1.56 bits per heavy atom. The quantitative estimate of drug-likeness (QED) is 0.827. The average Bonchev–Trinajstić information content (AvgIpc) is 2.95. The maximum absolute atomic E-state index is 12.2. The van der Waals surface area contributed by atoms with Gasteiger partial charge in [-0.2, -0.15) is 0 Å². The maximum Gasteiger partial charge on any atom is 0.323 e. The van der Waals surface area contributed by atoms with Gasteiger partial charge in [0, 0.05) is 19.6 Å². The van der Waals surface area contributed by atoms with E-state index in [0.29, 0.717) is 17.1 Å². The summed E-state index contributed by atoms with van der Waals surface area (Å²) in [5.41, 5.74) is 1.62. The molecule has 98 valence electrons. The minimum atomic E-state index is -0.0308.